The van der Waals surface area contributed by atoms with Crippen molar-refractivity contribution in [1.82, 2.24) is 24.5 Å². The number of nitrogens with zero attached hydrogens (tertiary/aromatic N) is 5. The number of carbonyl (C=O) groups is 1. The van der Waals surface area contributed by atoms with Gasteiger partial charge in [0, 0.05) is 25.5 Å². The van der Waals surface area contributed by atoms with Crippen molar-refractivity contribution in [3.63, 3.8) is 0 Å². The van der Waals surface area contributed by atoms with Gasteiger partial charge in [-0.2, -0.15) is 13.2 Å². The van der Waals surface area contributed by atoms with E-state index in [0.717, 1.165) is 37.6 Å². The lowest BCUT2D eigenvalue weighted by Crippen LogP contribution is -2.35. The number of rotatable bonds is 5. The van der Waals surface area contributed by atoms with Gasteiger partial charge in [-0.25, -0.2) is 4.79 Å². The quantitative estimate of drug-likeness (QED) is 0.635. The van der Waals surface area contributed by atoms with Gasteiger partial charge in [0.1, 0.15) is 12.1 Å². The molecule has 0 aromatic carbocycles. The summed E-state index contributed by atoms with van der Waals surface area (Å²) in [6, 6.07) is 10.3. The zero-order valence-electron chi connectivity index (χ0n) is 16.7. The van der Waals surface area contributed by atoms with Crippen molar-refractivity contribution in [2.24, 2.45) is 5.92 Å². The SMILES string of the molecule is O=C(O)C(F)(F)F.c1cc(NCC2CCN(Cc3ccncc3)CC2)n2cnnc2c1. The number of halogens is 3. The minimum Gasteiger partial charge on any atom is -0.475 e. The number of alkyl halides is 3. The zero-order valence-corrected chi connectivity index (χ0v) is 16.7. The van der Waals surface area contributed by atoms with Gasteiger partial charge in [-0.3, -0.25) is 14.3 Å². The van der Waals surface area contributed by atoms with Gasteiger partial charge in [0.05, 0.1) is 0 Å². The molecule has 0 aliphatic carbocycles. The average Bonchev–Trinajstić information content (AvgIpc) is 3.23. The molecule has 0 radical (unpaired) electrons. The summed E-state index contributed by atoms with van der Waals surface area (Å²) in [4.78, 5) is 15.5. The maximum Gasteiger partial charge on any atom is 0.490 e. The molecule has 3 aromatic rings. The summed E-state index contributed by atoms with van der Waals surface area (Å²) in [5, 5.41) is 18.7. The molecule has 0 bridgehead atoms. The topological polar surface area (TPSA) is 95.7 Å². The smallest absolute Gasteiger partial charge is 0.475 e. The second kappa shape index (κ2) is 10.2. The molecule has 11 heteroatoms. The first-order chi connectivity index (χ1) is 14.8. The van der Waals surface area contributed by atoms with E-state index < -0.39 is 12.1 Å². The fourth-order valence-corrected chi connectivity index (χ4v) is 3.34. The van der Waals surface area contributed by atoms with Crippen molar-refractivity contribution in [2.75, 3.05) is 25.0 Å². The van der Waals surface area contributed by atoms with Crippen LogP contribution in [-0.2, 0) is 11.3 Å². The van der Waals surface area contributed by atoms with Crippen LogP contribution in [0.2, 0.25) is 0 Å². The molecule has 4 heterocycles. The third kappa shape index (κ3) is 6.64. The van der Waals surface area contributed by atoms with Crippen molar-refractivity contribution < 1.29 is 23.1 Å². The van der Waals surface area contributed by atoms with Crippen LogP contribution in [0.4, 0.5) is 19.0 Å². The van der Waals surface area contributed by atoms with Gasteiger partial charge >= 0.3 is 12.1 Å². The van der Waals surface area contributed by atoms with Crippen molar-refractivity contribution in [1.29, 1.82) is 0 Å². The molecule has 3 aromatic heterocycles. The van der Waals surface area contributed by atoms with Gasteiger partial charge in [0.2, 0.25) is 0 Å². The van der Waals surface area contributed by atoms with E-state index in [2.05, 4.69) is 43.6 Å². The van der Waals surface area contributed by atoms with E-state index in [-0.39, 0.29) is 0 Å². The molecular weight excluding hydrogens is 413 g/mol. The van der Waals surface area contributed by atoms with Gasteiger partial charge in [-0.1, -0.05) is 6.07 Å². The maximum atomic E-state index is 10.6. The van der Waals surface area contributed by atoms with Crippen LogP contribution >= 0.6 is 0 Å². The maximum absolute atomic E-state index is 10.6. The molecule has 0 atom stereocenters. The van der Waals surface area contributed by atoms with Crippen LogP contribution in [0.15, 0.2) is 49.1 Å². The van der Waals surface area contributed by atoms with Crippen LogP contribution in [0.1, 0.15) is 18.4 Å². The molecule has 31 heavy (non-hydrogen) atoms. The highest BCUT2D eigenvalue weighted by molar-refractivity contribution is 5.73. The number of nitrogens with one attached hydrogen (secondary N) is 1. The number of fused-ring (bicyclic) bond motifs is 1. The fourth-order valence-electron chi connectivity index (χ4n) is 3.34. The van der Waals surface area contributed by atoms with Gasteiger partial charge < -0.3 is 10.4 Å². The number of hydrogen-bond donors (Lipinski definition) is 2. The van der Waals surface area contributed by atoms with Crippen LogP contribution in [0, 0.1) is 5.92 Å². The highest BCUT2D eigenvalue weighted by Gasteiger charge is 2.38. The number of piperidine rings is 1. The molecule has 1 aliphatic heterocycles. The van der Waals surface area contributed by atoms with Gasteiger partial charge in [-0.15, -0.1) is 10.2 Å². The Morgan fingerprint density at radius 2 is 1.84 bits per heavy atom. The molecule has 0 amide bonds. The van der Waals surface area contributed by atoms with Crippen LogP contribution < -0.4 is 5.32 Å². The summed E-state index contributed by atoms with van der Waals surface area (Å²) in [7, 11) is 0. The molecule has 4 rings (SSSR count). The number of anilines is 1. The molecule has 1 fully saturated rings. The molecule has 1 saturated heterocycles. The number of hydrogen-bond acceptors (Lipinski definition) is 6. The molecule has 0 spiro atoms. The van der Waals surface area contributed by atoms with Gasteiger partial charge in [-0.05, 0) is 61.7 Å². The van der Waals surface area contributed by atoms with Crippen molar-refractivity contribution in [2.45, 2.75) is 25.6 Å². The average molecular weight is 436 g/mol. The monoisotopic (exact) mass is 436 g/mol. The molecule has 166 valence electrons. The van der Waals surface area contributed by atoms with E-state index in [9.17, 15) is 13.2 Å². The van der Waals surface area contributed by atoms with Crippen LogP contribution in [-0.4, -0.2) is 61.4 Å². The number of carboxylic acids is 1. The molecule has 1 aliphatic rings. The molecule has 2 N–H and O–H groups in total. The number of aliphatic carboxylic acids is 1. The van der Waals surface area contributed by atoms with E-state index >= 15 is 0 Å². The molecular formula is C20H23F3N6O2. The Labute approximate surface area is 176 Å². The normalized spacial score (nSPS) is 15.3. The second-order valence-corrected chi connectivity index (χ2v) is 7.23. The summed E-state index contributed by atoms with van der Waals surface area (Å²) in [5.41, 5.74) is 2.23. The number of aromatic nitrogens is 4. The Kier molecular flexibility index (Phi) is 7.40. The highest BCUT2D eigenvalue weighted by atomic mass is 19.4. The van der Waals surface area contributed by atoms with Crippen molar-refractivity contribution >= 4 is 17.4 Å². The Balaban J connectivity index is 0.000000339. The Morgan fingerprint density at radius 3 is 2.48 bits per heavy atom. The van der Waals surface area contributed by atoms with E-state index in [0.29, 0.717) is 5.92 Å². The summed E-state index contributed by atoms with van der Waals surface area (Å²) in [5.74, 6) is -0.977. The summed E-state index contributed by atoms with van der Waals surface area (Å²) >= 11 is 0. The Hall–Kier alpha value is -3.21. The van der Waals surface area contributed by atoms with Crippen LogP contribution in [0.25, 0.3) is 5.65 Å². The summed E-state index contributed by atoms with van der Waals surface area (Å²) in [6.07, 6.45) is 2.89. The lowest BCUT2D eigenvalue weighted by molar-refractivity contribution is -0.192. The third-order valence-corrected chi connectivity index (χ3v) is 5.01. The minimum absolute atomic E-state index is 0.713. The highest BCUT2D eigenvalue weighted by Crippen LogP contribution is 2.20. The van der Waals surface area contributed by atoms with Crippen molar-refractivity contribution in [3.05, 3.63) is 54.6 Å². The third-order valence-electron chi connectivity index (χ3n) is 5.01. The van der Waals surface area contributed by atoms with E-state index in [1.807, 2.05) is 28.9 Å². The first-order valence-corrected chi connectivity index (χ1v) is 9.77. The molecule has 0 saturated carbocycles. The number of carboxylic acid groups (broad SMARTS) is 1. The van der Waals surface area contributed by atoms with E-state index in [1.165, 1.54) is 18.4 Å². The van der Waals surface area contributed by atoms with Crippen molar-refractivity contribution in [3.8, 4) is 0 Å². The standard InChI is InChI=1S/C18H22N6.C2HF3O2/c1-2-17(24-14-21-22-18(24)3-1)20-12-15-6-10-23(11-7-15)13-16-4-8-19-9-5-16;3-2(4,5)1(6)7/h1-5,8-9,14-15,20H,6-7,10-13H2;(H,6,7). The van der Waals surface area contributed by atoms with Crippen LogP contribution in [0.5, 0.6) is 0 Å². The van der Waals surface area contributed by atoms with Crippen LogP contribution in [0.3, 0.4) is 0 Å². The molecule has 8 nitrogen and oxygen atoms in total. The number of likely N-dealkylation sites (tertiary alicyclic amines) is 1. The first-order valence-electron chi connectivity index (χ1n) is 9.77. The number of pyridine rings is 2. The summed E-state index contributed by atoms with van der Waals surface area (Å²) in [6.45, 7) is 4.35. The van der Waals surface area contributed by atoms with Gasteiger partial charge in [0.25, 0.3) is 0 Å². The van der Waals surface area contributed by atoms with E-state index in [1.54, 1.807) is 6.33 Å². The molecule has 0 unspecified atom stereocenters. The lowest BCUT2D eigenvalue weighted by atomic mass is 9.96. The summed E-state index contributed by atoms with van der Waals surface area (Å²) < 4.78 is 33.7. The first kappa shape index (κ1) is 22.5. The Bertz CT molecular complexity index is 972. The van der Waals surface area contributed by atoms with E-state index in [4.69, 9.17) is 9.90 Å². The zero-order chi connectivity index (χ0) is 22.3. The predicted octanol–water partition coefficient (Wildman–Crippen LogP) is 3.08. The minimum atomic E-state index is -5.08. The fraction of sp³-hybridized carbons (Fsp3) is 0.400. The largest absolute Gasteiger partial charge is 0.490 e. The second-order valence-electron chi connectivity index (χ2n) is 7.23. The predicted molar refractivity (Wildman–Crippen MR) is 107 cm³/mol. The van der Waals surface area contributed by atoms with Gasteiger partial charge in [0.15, 0.2) is 5.65 Å². The Morgan fingerprint density at radius 1 is 1.16 bits per heavy atom. The lowest BCUT2D eigenvalue weighted by Gasteiger charge is -2.32.